The SMILES string of the molecule is Cc1cnn(-c2cc3c(cc2N)CC(=O)N3)c1. The van der Waals surface area contributed by atoms with Crippen LogP contribution in [0.5, 0.6) is 0 Å². The van der Waals surface area contributed by atoms with Crippen LogP contribution >= 0.6 is 0 Å². The van der Waals surface area contributed by atoms with Crippen LogP contribution in [0.4, 0.5) is 11.4 Å². The van der Waals surface area contributed by atoms with Crippen molar-refractivity contribution in [1.82, 2.24) is 9.78 Å². The van der Waals surface area contributed by atoms with Gasteiger partial charge in [-0.3, -0.25) is 4.79 Å². The summed E-state index contributed by atoms with van der Waals surface area (Å²) in [7, 11) is 0. The molecule has 5 heteroatoms. The zero-order valence-electron chi connectivity index (χ0n) is 9.40. The fourth-order valence-electron chi connectivity index (χ4n) is 2.03. The lowest BCUT2D eigenvalue weighted by molar-refractivity contribution is -0.115. The summed E-state index contributed by atoms with van der Waals surface area (Å²) < 4.78 is 1.72. The molecule has 1 aromatic carbocycles. The normalized spacial score (nSPS) is 13.6. The van der Waals surface area contributed by atoms with Crippen molar-refractivity contribution in [2.45, 2.75) is 13.3 Å². The standard InChI is InChI=1S/C12H12N4O/c1-7-5-14-16(6-7)11-4-10-8(2-9(11)13)3-12(17)15-10/h2,4-6H,3,13H2,1H3,(H,15,17). The second-order valence-corrected chi connectivity index (χ2v) is 4.26. The van der Waals surface area contributed by atoms with E-state index in [4.69, 9.17) is 5.73 Å². The summed E-state index contributed by atoms with van der Waals surface area (Å²) in [6.45, 7) is 1.97. The van der Waals surface area contributed by atoms with Crippen LogP contribution in [0.3, 0.4) is 0 Å². The number of aryl methyl sites for hydroxylation is 1. The van der Waals surface area contributed by atoms with Gasteiger partial charge in [0, 0.05) is 11.9 Å². The third-order valence-electron chi connectivity index (χ3n) is 2.84. The van der Waals surface area contributed by atoms with Gasteiger partial charge in [-0.05, 0) is 30.2 Å². The lowest BCUT2D eigenvalue weighted by Crippen LogP contribution is -2.04. The summed E-state index contributed by atoms with van der Waals surface area (Å²) in [6.07, 6.45) is 4.07. The van der Waals surface area contributed by atoms with Crippen LogP contribution in [0.15, 0.2) is 24.5 Å². The number of nitrogens with one attached hydrogen (secondary N) is 1. The van der Waals surface area contributed by atoms with Gasteiger partial charge in [0.05, 0.1) is 24.0 Å². The molecular formula is C12H12N4O. The fraction of sp³-hybridized carbons (Fsp3) is 0.167. The van der Waals surface area contributed by atoms with Gasteiger partial charge in [0.2, 0.25) is 5.91 Å². The number of anilines is 2. The second kappa shape index (κ2) is 3.35. The molecule has 5 nitrogen and oxygen atoms in total. The number of carbonyl (C=O) groups excluding carboxylic acids is 1. The number of nitrogen functional groups attached to an aromatic ring is 1. The summed E-state index contributed by atoms with van der Waals surface area (Å²) in [5.74, 6) is 0.00759. The van der Waals surface area contributed by atoms with E-state index in [0.29, 0.717) is 12.1 Å². The van der Waals surface area contributed by atoms with Crippen LogP contribution in [-0.4, -0.2) is 15.7 Å². The number of aromatic nitrogens is 2. The van der Waals surface area contributed by atoms with Gasteiger partial charge < -0.3 is 11.1 Å². The van der Waals surface area contributed by atoms with E-state index in [1.165, 1.54) is 0 Å². The van der Waals surface area contributed by atoms with Crippen LogP contribution in [0.25, 0.3) is 5.69 Å². The van der Waals surface area contributed by atoms with Crippen molar-refractivity contribution in [1.29, 1.82) is 0 Å². The maximum atomic E-state index is 11.3. The first-order valence-corrected chi connectivity index (χ1v) is 5.37. The van der Waals surface area contributed by atoms with Gasteiger partial charge in [0.1, 0.15) is 0 Å². The summed E-state index contributed by atoms with van der Waals surface area (Å²) in [5, 5.41) is 7.02. The van der Waals surface area contributed by atoms with E-state index in [-0.39, 0.29) is 5.91 Å². The maximum absolute atomic E-state index is 11.3. The average Bonchev–Trinajstić information content (AvgIpc) is 2.82. The largest absolute Gasteiger partial charge is 0.397 e. The van der Waals surface area contributed by atoms with E-state index in [1.807, 2.05) is 25.3 Å². The van der Waals surface area contributed by atoms with Crippen LogP contribution in [0.2, 0.25) is 0 Å². The monoisotopic (exact) mass is 228 g/mol. The van der Waals surface area contributed by atoms with Gasteiger partial charge in [-0.25, -0.2) is 4.68 Å². The summed E-state index contributed by atoms with van der Waals surface area (Å²) in [4.78, 5) is 11.3. The summed E-state index contributed by atoms with van der Waals surface area (Å²) >= 11 is 0. The van der Waals surface area contributed by atoms with Gasteiger partial charge >= 0.3 is 0 Å². The number of benzene rings is 1. The van der Waals surface area contributed by atoms with Gasteiger partial charge in [-0.15, -0.1) is 0 Å². The van der Waals surface area contributed by atoms with Gasteiger partial charge in [0.15, 0.2) is 0 Å². The Morgan fingerprint density at radius 1 is 1.47 bits per heavy atom. The number of rotatable bonds is 1. The van der Waals surface area contributed by atoms with Crippen LogP contribution in [0.1, 0.15) is 11.1 Å². The molecule has 3 N–H and O–H groups in total. The van der Waals surface area contributed by atoms with Crippen molar-refractivity contribution >= 4 is 17.3 Å². The Labute approximate surface area is 98.2 Å². The Morgan fingerprint density at radius 3 is 3.00 bits per heavy atom. The number of nitrogens with zero attached hydrogens (tertiary/aromatic N) is 2. The van der Waals surface area contributed by atoms with E-state index < -0.39 is 0 Å². The van der Waals surface area contributed by atoms with Crippen LogP contribution in [-0.2, 0) is 11.2 Å². The van der Waals surface area contributed by atoms with Crippen molar-refractivity contribution in [3.05, 3.63) is 35.7 Å². The first kappa shape index (κ1) is 9.89. The van der Waals surface area contributed by atoms with Gasteiger partial charge in [-0.2, -0.15) is 5.10 Å². The van der Waals surface area contributed by atoms with E-state index in [2.05, 4.69) is 10.4 Å². The number of fused-ring (bicyclic) bond motifs is 1. The van der Waals surface area contributed by atoms with Gasteiger partial charge in [-0.1, -0.05) is 0 Å². The average molecular weight is 228 g/mol. The molecule has 1 aliphatic heterocycles. The molecule has 0 aliphatic carbocycles. The number of carbonyl (C=O) groups is 1. The maximum Gasteiger partial charge on any atom is 0.228 e. The zero-order chi connectivity index (χ0) is 12.0. The summed E-state index contributed by atoms with van der Waals surface area (Å²) in [6, 6.07) is 3.70. The Hall–Kier alpha value is -2.30. The molecule has 17 heavy (non-hydrogen) atoms. The second-order valence-electron chi connectivity index (χ2n) is 4.26. The van der Waals surface area contributed by atoms with E-state index in [1.54, 1.807) is 10.9 Å². The van der Waals surface area contributed by atoms with Crippen LogP contribution < -0.4 is 11.1 Å². The smallest absolute Gasteiger partial charge is 0.228 e. The Kier molecular flexibility index (Phi) is 1.95. The Balaban J connectivity index is 2.13. The van der Waals surface area contributed by atoms with E-state index in [0.717, 1.165) is 22.5 Å². The molecule has 1 amide bonds. The van der Waals surface area contributed by atoms with Crippen LogP contribution in [0, 0.1) is 6.92 Å². The molecule has 0 bridgehead atoms. The molecular weight excluding hydrogens is 216 g/mol. The summed E-state index contributed by atoms with van der Waals surface area (Å²) in [5.41, 5.74) is 10.2. The quantitative estimate of drug-likeness (QED) is 0.721. The highest BCUT2D eigenvalue weighted by atomic mass is 16.1. The van der Waals surface area contributed by atoms with Crippen molar-refractivity contribution in [3.8, 4) is 5.69 Å². The zero-order valence-corrected chi connectivity index (χ0v) is 9.40. The number of hydrogen-bond acceptors (Lipinski definition) is 3. The third-order valence-corrected chi connectivity index (χ3v) is 2.84. The lowest BCUT2D eigenvalue weighted by atomic mass is 10.1. The minimum Gasteiger partial charge on any atom is -0.397 e. The molecule has 0 spiro atoms. The molecule has 0 saturated carbocycles. The first-order valence-electron chi connectivity index (χ1n) is 5.37. The van der Waals surface area contributed by atoms with E-state index >= 15 is 0 Å². The lowest BCUT2D eigenvalue weighted by Gasteiger charge is -2.08. The number of nitrogens with two attached hydrogens (primary N) is 1. The molecule has 86 valence electrons. The molecule has 2 aromatic rings. The van der Waals surface area contributed by atoms with Gasteiger partial charge in [0.25, 0.3) is 0 Å². The van der Waals surface area contributed by atoms with Crippen molar-refractivity contribution < 1.29 is 4.79 Å². The molecule has 1 aliphatic rings. The molecule has 2 heterocycles. The first-order chi connectivity index (χ1) is 8.13. The molecule has 3 rings (SSSR count). The Bertz CT molecular complexity index is 615. The topological polar surface area (TPSA) is 72.9 Å². The molecule has 0 radical (unpaired) electrons. The number of hydrogen-bond donors (Lipinski definition) is 2. The predicted octanol–water partition coefficient (Wildman–Crippen LogP) is 1.26. The molecule has 0 atom stereocenters. The number of amides is 1. The van der Waals surface area contributed by atoms with Crippen molar-refractivity contribution in [2.75, 3.05) is 11.1 Å². The molecule has 1 aromatic heterocycles. The highest BCUT2D eigenvalue weighted by molar-refractivity contribution is 6.00. The molecule has 0 saturated heterocycles. The Morgan fingerprint density at radius 2 is 2.29 bits per heavy atom. The van der Waals surface area contributed by atoms with Crippen molar-refractivity contribution in [2.24, 2.45) is 0 Å². The molecule has 0 fully saturated rings. The van der Waals surface area contributed by atoms with E-state index in [9.17, 15) is 4.79 Å². The highest BCUT2D eigenvalue weighted by Crippen LogP contribution is 2.30. The highest BCUT2D eigenvalue weighted by Gasteiger charge is 2.19. The molecule has 0 unspecified atom stereocenters. The minimum absolute atomic E-state index is 0.00759. The minimum atomic E-state index is 0.00759. The predicted molar refractivity (Wildman–Crippen MR) is 65.0 cm³/mol. The fourth-order valence-corrected chi connectivity index (χ4v) is 2.03. The van der Waals surface area contributed by atoms with Crippen molar-refractivity contribution in [3.63, 3.8) is 0 Å². The third kappa shape index (κ3) is 1.56.